The third kappa shape index (κ3) is 5.65. The van der Waals surface area contributed by atoms with E-state index in [1.165, 1.54) is 0 Å². The molecule has 0 aliphatic carbocycles. The molecule has 0 heterocycles. The number of alkyl halides is 16. The van der Waals surface area contributed by atoms with Gasteiger partial charge in [-0.25, -0.2) is 8.78 Å². The van der Waals surface area contributed by atoms with E-state index in [1.807, 2.05) is 6.92 Å². The molecule has 0 bridgehead atoms. The molecule has 0 aromatic heterocycles. The predicted molar refractivity (Wildman–Crippen MR) is 87.9 cm³/mol. The van der Waals surface area contributed by atoms with Gasteiger partial charge in [0, 0.05) is 6.42 Å². The first-order valence-electron chi connectivity index (χ1n) is 9.93. The molecule has 0 spiro atoms. The Kier molecular flexibility index (Phi) is 10.5. The van der Waals surface area contributed by atoms with Crippen molar-refractivity contribution in [1.82, 2.24) is 0 Å². The predicted octanol–water partition coefficient (Wildman–Crippen LogP) is 9.23. The Labute approximate surface area is 184 Å². The topological polar surface area (TPSA) is 0 Å². The van der Waals surface area contributed by atoms with Crippen molar-refractivity contribution < 1.29 is 70.2 Å². The van der Waals surface area contributed by atoms with Gasteiger partial charge in [-0.2, -0.15) is 61.5 Å². The highest BCUT2D eigenvalue weighted by Crippen LogP contribution is 2.63. The molecule has 0 atom stereocenters. The zero-order valence-electron chi connectivity index (χ0n) is 17.5. The normalized spacial score (nSPS) is 15.4. The van der Waals surface area contributed by atoms with Crippen LogP contribution in [0.5, 0.6) is 0 Å². The van der Waals surface area contributed by atoms with E-state index in [2.05, 4.69) is 0 Å². The SMILES string of the molecule is CCCCCCCCCCC(F)(F)C(F)(F)C(F)(F)C(F)(F)C(F)(F)C(F)(F)C(F)(F)C(F)F. The van der Waals surface area contributed by atoms with Crippen molar-refractivity contribution in [2.45, 2.75) is 113 Å². The Bertz CT molecular complexity index is 625. The fraction of sp³-hybridized carbons (Fsp3) is 1.00. The number of rotatable bonds is 16. The first-order valence-corrected chi connectivity index (χ1v) is 9.93. The lowest BCUT2D eigenvalue weighted by Crippen LogP contribution is -2.73. The molecule has 0 aliphatic heterocycles. The smallest absolute Gasteiger partial charge is 0.203 e. The maximum Gasteiger partial charge on any atom is 0.384 e. The summed E-state index contributed by atoms with van der Waals surface area (Å²) < 4.78 is 211. The number of hydrogen-bond acceptors (Lipinski definition) is 0. The number of unbranched alkanes of at least 4 members (excludes halogenated alkanes) is 7. The van der Waals surface area contributed by atoms with Crippen LogP contribution >= 0.6 is 0 Å². The molecule has 0 saturated heterocycles. The fourth-order valence-electron chi connectivity index (χ4n) is 2.81. The van der Waals surface area contributed by atoms with Crippen LogP contribution < -0.4 is 0 Å². The average Bonchev–Trinajstić information content (AvgIpc) is 2.68. The van der Waals surface area contributed by atoms with Gasteiger partial charge in [-0.05, 0) is 6.42 Å². The van der Waals surface area contributed by atoms with Crippen LogP contribution in [0, 0.1) is 0 Å². The molecule has 0 amide bonds. The maximum atomic E-state index is 13.7. The van der Waals surface area contributed by atoms with E-state index < -0.39 is 60.7 Å². The van der Waals surface area contributed by atoms with Crippen molar-refractivity contribution >= 4 is 0 Å². The van der Waals surface area contributed by atoms with E-state index in [9.17, 15) is 70.2 Å². The summed E-state index contributed by atoms with van der Waals surface area (Å²) >= 11 is 0. The van der Waals surface area contributed by atoms with E-state index in [0.717, 1.165) is 19.3 Å². The van der Waals surface area contributed by atoms with Gasteiger partial charge in [-0.1, -0.05) is 51.9 Å². The van der Waals surface area contributed by atoms with E-state index in [-0.39, 0.29) is 12.8 Å². The molecule has 16 heteroatoms. The van der Waals surface area contributed by atoms with Crippen LogP contribution in [0.25, 0.3) is 0 Å². The van der Waals surface area contributed by atoms with E-state index >= 15 is 0 Å². The monoisotopic (exact) mass is 542 g/mol. The number of halogens is 16. The quantitative estimate of drug-likeness (QED) is 0.135. The molecule has 0 unspecified atom stereocenters. The molecule has 0 rings (SSSR count). The van der Waals surface area contributed by atoms with Crippen LogP contribution in [0.3, 0.4) is 0 Å². The van der Waals surface area contributed by atoms with Gasteiger partial charge in [-0.3, -0.25) is 0 Å². The van der Waals surface area contributed by atoms with Crippen molar-refractivity contribution in [3.05, 3.63) is 0 Å². The molecule has 0 N–H and O–H groups in total. The van der Waals surface area contributed by atoms with Gasteiger partial charge >= 0.3 is 47.9 Å². The van der Waals surface area contributed by atoms with Crippen molar-refractivity contribution in [1.29, 1.82) is 0 Å². The van der Waals surface area contributed by atoms with Gasteiger partial charge in [-0.15, -0.1) is 0 Å². The van der Waals surface area contributed by atoms with Crippen molar-refractivity contribution in [3.8, 4) is 0 Å². The van der Waals surface area contributed by atoms with Gasteiger partial charge in [0.15, 0.2) is 0 Å². The lowest BCUT2D eigenvalue weighted by molar-refractivity contribution is -0.447. The highest BCUT2D eigenvalue weighted by atomic mass is 19.4. The van der Waals surface area contributed by atoms with Crippen LogP contribution in [-0.4, -0.2) is 47.9 Å². The minimum atomic E-state index is -8.31. The van der Waals surface area contributed by atoms with E-state index in [0.29, 0.717) is 12.8 Å². The Morgan fingerprint density at radius 1 is 0.441 bits per heavy atom. The first-order chi connectivity index (χ1) is 15.0. The van der Waals surface area contributed by atoms with Crippen LogP contribution in [0.1, 0.15) is 64.7 Å². The summed E-state index contributed by atoms with van der Waals surface area (Å²) in [5.74, 6) is -53.8. The fourth-order valence-corrected chi connectivity index (χ4v) is 2.81. The van der Waals surface area contributed by atoms with Crippen molar-refractivity contribution in [2.24, 2.45) is 0 Å². The Balaban J connectivity index is 5.73. The molecule has 0 nitrogen and oxygen atoms in total. The standard InChI is InChI=1S/C18H22F16/c1-2-3-4-5-6-7-8-9-10-12(21,22)14(25,26)16(29,30)18(33,34)17(31,32)15(27,28)13(23,24)11(19)20/h11H,2-10H2,1H3. The van der Waals surface area contributed by atoms with Crippen LogP contribution in [-0.2, 0) is 0 Å². The first kappa shape index (κ1) is 32.9. The third-order valence-electron chi connectivity index (χ3n) is 5.07. The second-order valence-corrected chi connectivity index (χ2v) is 7.72. The molecule has 0 saturated carbocycles. The van der Waals surface area contributed by atoms with Crippen LogP contribution in [0.15, 0.2) is 0 Å². The zero-order chi connectivity index (χ0) is 27.4. The summed E-state index contributed by atoms with van der Waals surface area (Å²) in [7, 11) is 0. The Hall–Kier alpha value is -1.12. The average molecular weight is 542 g/mol. The van der Waals surface area contributed by atoms with Gasteiger partial charge in [0.05, 0.1) is 0 Å². The van der Waals surface area contributed by atoms with Gasteiger partial charge in [0.25, 0.3) is 0 Å². The van der Waals surface area contributed by atoms with Crippen LogP contribution in [0.2, 0.25) is 0 Å². The second kappa shape index (κ2) is 10.9. The molecule has 0 aliphatic rings. The Morgan fingerprint density at radius 3 is 1.15 bits per heavy atom. The summed E-state index contributed by atoms with van der Waals surface area (Å²) in [6.45, 7) is 1.88. The van der Waals surface area contributed by atoms with Crippen LogP contribution in [0.4, 0.5) is 70.2 Å². The minimum absolute atomic E-state index is 0.130. The minimum Gasteiger partial charge on any atom is -0.203 e. The van der Waals surface area contributed by atoms with Crippen molar-refractivity contribution in [3.63, 3.8) is 0 Å². The van der Waals surface area contributed by atoms with Crippen molar-refractivity contribution in [2.75, 3.05) is 0 Å². The second-order valence-electron chi connectivity index (χ2n) is 7.72. The molecule has 0 radical (unpaired) electrons. The molecule has 0 aromatic carbocycles. The summed E-state index contributed by atoms with van der Waals surface area (Å²) in [5, 5.41) is 0. The Morgan fingerprint density at radius 2 is 0.765 bits per heavy atom. The number of hydrogen-bond donors (Lipinski definition) is 0. The maximum absolute atomic E-state index is 13.7. The summed E-state index contributed by atoms with van der Waals surface area (Å²) in [4.78, 5) is 0. The molecule has 34 heavy (non-hydrogen) atoms. The van der Waals surface area contributed by atoms with E-state index in [1.54, 1.807) is 0 Å². The van der Waals surface area contributed by atoms with E-state index in [4.69, 9.17) is 0 Å². The third-order valence-corrected chi connectivity index (χ3v) is 5.07. The highest BCUT2D eigenvalue weighted by Gasteiger charge is 2.93. The molecule has 0 fully saturated rings. The summed E-state index contributed by atoms with van der Waals surface area (Å²) in [6, 6.07) is 0. The lowest BCUT2D eigenvalue weighted by atomic mass is 9.88. The lowest BCUT2D eigenvalue weighted by Gasteiger charge is -2.42. The van der Waals surface area contributed by atoms with Gasteiger partial charge in [0.1, 0.15) is 0 Å². The molecular weight excluding hydrogens is 520 g/mol. The molecule has 206 valence electrons. The zero-order valence-corrected chi connectivity index (χ0v) is 17.5. The molecular formula is C18H22F16. The summed E-state index contributed by atoms with van der Waals surface area (Å²) in [5.41, 5.74) is 0. The largest absolute Gasteiger partial charge is 0.384 e. The van der Waals surface area contributed by atoms with Gasteiger partial charge < -0.3 is 0 Å². The molecule has 0 aromatic rings. The highest BCUT2D eigenvalue weighted by molar-refractivity contribution is 5.14. The summed E-state index contributed by atoms with van der Waals surface area (Å²) in [6.07, 6.45) is -5.81. The van der Waals surface area contributed by atoms with Gasteiger partial charge in [0.2, 0.25) is 0 Å².